The van der Waals surface area contributed by atoms with Crippen LogP contribution in [-0.4, -0.2) is 21.8 Å². The summed E-state index contributed by atoms with van der Waals surface area (Å²) >= 11 is 0. The summed E-state index contributed by atoms with van der Waals surface area (Å²) in [5, 5.41) is 6.22. The lowest BCUT2D eigenvalue weighted by molar-refractivity contribution is -0.121. The molecule has 2 aromatic carbocycles. The monoisotopic (exact) mass is 444 g/mol. The van der Waals surface area contributed by atoms with E-state index in [-0.39, 0.29) is 23.7 Å². The minimum absolute atomic E-state index is 0.0952. The summed E-state index contributed by atoms with van der Waals surface area (Å²) in [6.45, 7) is 0. The predicted octanol–water partition coefficient (Wildman–Crippen LogP) is 6.27. The highest BCUT2D eigenvalue weighted by Crippen LogP contribution is 2.31. The van der Waals surface area contributed by atoms with Crippen LogP contribution >= 0.6 is 0 Å². The van der Waals surface area contributed by atoms with Gasteiger partial charge in [0.2, 0.25) is 11.8 Å². The summed E-state index contributed by atoms with van der Waals surface area (Å²) in [6.07, 6.45) is 10.9. The number of hydrogen-bond acceptors (Lipinski definition) is 3. The van der Waals surface area contributed by atoms with Crippen molar-refractivity contribution in [3.8, 4) is 11.4 Å². The molecular weight excluding hydrogens is 412 g/mol. The van der Waals surface area contributed by atoms with Crippen LogP contribution < -0.4 is 10.6 Å². The number of fused-ring (bicyclic) bond motifs is 1. The number of aromatic amines is 1. The van der Waals surface area contributed by atoms with Crippen LogP contribution in [0.3, 0.4) is 0 Å². The Labute approximate surface area is 194 Å². The third-order valence-corrected chi connectivity index (χ3v) is 7.14. The third kappa shape index (κ3) is 4.95. The Bertz CT molecular complexity index is 1140. The van der Waals surface area contributed by atoms with E-state index in [4.69, 9.17) is 4.98 Å². The summed E-state index contributed by atoms with van der Waals surface area (Å²) in [6, 6.07) is 13.6. The zero-order chi connectivity index (χ0) is 22.6. The van der Waals surface area contributed by atoms with E-state index >= 15 is 0 Å². The molecule has 3 aromatic rings. The van der Waals surface area contributed by atoms with Gasteiger partial charge in [0, 0.05) is 23.1 Å². The molecule has 6 nitrogen and oxygen atoms in total. The lowest BCUT2D eigenvalue weighted by Crippen LogP contribution is -2.25. The SMILES string of the molecule is O=C(Nc1ccc2nc(-c3ccccc3NC(=O)C3CCCCC3)[nH]c2c1)C1CCCCC1. The van der Waals surface area contributed by atoms with Crippen molar-refractivity contribution in [1.82, 2.24) is 9.97 Å². The van der Waals surface area contributed by atoms with Crippen LogP contribution in [0.5, 0.6) is 0 Å². The van der Waals surface area contributed by atoms with E-state index in [1.54, 1.807) is 0 Å². The number of imidazole rings is 1. The molecule has 0 bridgehead atoms. The number of carbonyl (C=O) groups is 2. The number of nitrogens with zero attached hydrogens (tertiary/aromatic N) is 1. The van der Waals surface area contributed by atoms with Crippen molar-refractivity contribution in [2.45, 2.75) is 64.2 Å². The molecule has 0 saturated heterocycles. The zero-order valence-corrected chi connectivity index (χ0v) is 19.0. The topological polar surface area (TPSA) is 86.9 Å². The lowest BCUT2D eigenvalue weighted by Gasteiger charge is -2.21. The van der Waals surface area contributed by atoms with Gasteiger partial charge in [-0.3, -0.25) is 9.59 Å². The Kier molecular flexibility index (Phi) is 6.42. The van der Waals surface area contributed by atoms with Gasteiger partial charge in [-0.15, -0.1) is 0 Å². The second-order valence-electron chi connectivity index (χ2n) is 9.51. The van der Waals surface area contributed by atoms with Crippen LogP contribution in [-0.2, 0) is 9.59 Å². The Morgan fingerprint density at radius 1 is 0.788 bits per heavy atom. The van der Waals surface area contributed by atoms with Crippen molar-refractivity contribution in [1.29, 1.82) is 0 Å². The number of hydrogen-bond donors (Lipinski definition) is 3. The molecule has 2 fully saturated rings. The van der Waals surface area contributed by atoms with Gasteiger partial charge in [0.25, 0.3) is 0 Å². The van der Waals surface area contributed by atoms with Crippen LogP contribution in [0.1, 0.15) is 64.2 Å². The Balaban J connectivity index is 1.35. The normalized spacial score (nSPS) is 17.7. The molecule has 1 heterocycles. The molecule has 6 heteroatoms. The molecule has 0 radical (unpaired) electrons. The first-order valence-corrected chi connectivity index (χ1v) is 12.4. The highest BCUT2D eigenvalue weighted by molar-refractivity contribution is 5.97. The van der Waals surface area contributed by atoms with E-state index < -0.39 is 0 Å². The minimum atomic E-state index is 0.0952. The number of para-hydroxylation sites is 1. The molecule has 3 N–H and O–H groups in total. The van der Waals surface area contributed by atoms with Gasteiger partial charge in [0.05, 0.1) is 16.7 Å². The van der Waals surface area contributed by atoms with E-state index in [0.717, 1.165) is 79.3 Å². The average Bonchev–Trinajstić information content (AvgIpc) is 3.28. The summed E-state index contributed by atoms with van der Waals surface area (Å²) in [5.41, 5.74) is 4.12. The van der Waals surface area contributed by atoms with Gasteiger partial charge in [-0.2, -0.15) is 0 Å². The predicted molar refractivity (Wildman–Crippen MR) is 132 cm³/mol. The fraction of sp³-hybridized carbons (Fsp3) is 0.444. The van der Waals surface area contributed by atoms with Crippen LogP contribution in [0.25, 0.3) is 22.4 Å². The van der Waals surface area contributed by atoms with Crippen molar-refractivity contribution < 1.29 is 9.59 Å². The second-order valence-corrected chi connectivity index (χ2v) is 9.51. The Hall–Kier alpha value is -3.15. The molecule has 0 unspecified atom stereocenters. The highest BCUT2D eigenvalue weighted by Gasteiger charge is 2.23. The molecule has 2 saturated carbocycles. The number of amides is 2. The first kappa shape index (κ1) is 21.7. The van der Waals surface area contributed by atoms with Crippen LogP contribution in [0.4, 0.5) is 11.4 Å². The van der Waals surface area contributed by atoms with Crippen molar-refractivity contribution in [3.05, 3.63) is 42.5 Å². The summed E-state index contributed by atoms with van der Waals surface area (Å²) in [5.74, 6) is 1.14. The molecule has 33 heavy (non-hydrogen) atoms. The molecule has 2 aliphatic carbocycles. The zero-order valence-electron chi connectivity index (χ0n) is 19.0. The Morgan fingerprint density at radius 2 is 1.42 bits per heavy atom. The number of H-pyrrole nitrogens is 1. The van der Waals surface area contributed by atoms with E-state index in [9.17, 15) is 9.59 Å². The van der Waals surface area contributed by atoms with E-state index in [0.29, 0.717) is 5.82 Å². The lowest BCUT2D eigenvalue weighted by atomic mass is 9.88. The largest absolute Gasteiger partial charge is 0.338 e. The smallest absolute Gasteiger partial charge is 0.227 e. The van der Waals surface area contributed by atoms with Gasteiger partial charge in [-0.05, 0) is 56.0 Å². The van der Waals surface area contributed by atoms with Crippen molar-refractivity contribution in [3.63, 3.8) is 0 Å². The highest BCUT2D eigenvalue weighted by atomic mass is 16.2. The quantitative estimate of drug-likeness (QED) is 0.433. The molecule has 5 rings (SSSR count). The molecule has 0 aliphatic heterocycles. The number of nitrogens with one attached hydrogen (secondary N) is 3. The maximum Gasteiger partial charge on any atom is 0.227 e. The molecule has 2 amide bonds. The number of anilines is 2. The van der Waals surface area contributed by atoms with Gasteiger partial charge in [-0.25, -0.2) is 4.98 Å². The average molecular weight is 445 g/mol. The van der Waals surface area contributed by atoms with Crippen molar-refractivity contribution >= 4 is 34.2 Å². The second kappa shape index (κ2) is 9.77. The van der Waals surface area contributed by atoms with Crippen LogP contribution in [0, 0.1) is 11.8 Å². The molecule has 172 valence electrons. The molecule has 0 spiro atoms. The first-order valence-electron chi connectivity index (χ1n) is 12.4. The van der Waals surface area contributed by atoms with Crippen molar-refractivity contribution in [2.75, 3.05) is 10.6 Å². The summed E-state index contributed by atoms with van der Waals surface area (Å²) < 4.78 is 0. The number of aromatic nitrogens is 2. The molecule has 0 atom stereocenters. The van der Waals surface area contributed by atoms with E-state index in [2.05, 4.69) is 15.6 Å². The fourth-order valence-electron chi connectivity index (χ4n) is 5.22. The minimum Gasteiger partial charge on any atom is -0.338 e. The van der Waals surface area contributed by atoms with E-state index in [1.807, 2.05) is 42.5 Å². The number of benzene rings is 2. The third-order valence-electron chi connectivity index (χ3n) is 7.14. The Morgan fingerprint density at radius 3 is 2.12 bits per heavy atom. The van der Waals surface area contributed by atoms with Gasteiger partial charge in [0.15, 0.2) is 0 Å². The van der Waals surface area contributed by atoms with Gasteiger partial charge in [-0.1, -0.05) is 50.7 Å². The van der Waals surface area contributed by atoms with Crippen LogP contribution in [0.15, 0.2) is 42.5 Å². The fourth-order valence-corrected chi connectivity index (χ4v) is 5.22. The van der Waals surface area contributed by atoms with Gasteiger partial charge >= 0.3 is 0 Å². The number of carbonyl (C=O) groups excluding carboxylic acids is 2. The summed E-state index contributed by atoms with van der Waals surface area (Å²) in [7, 11) is 0. The first-order chi connectivity index (χ1) is 16.2. The van der Waals surface area contributed by atoms with Crippen molar-refractivity contribution in [2.24, 2.45) is 11.8 Å². The molecular formula is C27H32N4O2. The standard InChI is InChI=1S/C27H32N4O2/c32-26(18-9-3-1-4-10-18)28-20-15-16-23-24(17-20)30-25(29-23)21-13-7-8-14-22(21)31-27(33)19-11-5-2-6-12-19/h7-8,13-19H,1-6,9-12H2,(H,28,32)(H,29,30)(H,31,33). The van der Waals surface area contributed by atoms with Crippen LogP contribution in [0.2, 0.25) is 0 Å². The van der Waals surface area contributed by atoms with E-state index in [1.165, 1.54) is 12.8 Å². The molecule has 1 aromatic heterocycles. The summed E-state index contributed by atoms with van der Waals surface area (Å²) in [4.78, 5) is 33.6. The maximum atomic E-state index is 12.8. The maximum absolute atomic E-state index is 12.8. The molecule has 2 aliphatic rings. The van der Waals surface area contributed by atoms with Gasteiger partial charge in [0.1, 0.15) is 5.82 Å². The van der Waals surface area contributed by atoms with Gasteiger partial charge < -0.3 is 15.6 Å². The number of rotatable bonds is 5.